The average molecular weight is 347 g/mol. The highest BCUT2D eigenvalue weighted by Crippen LogP contribution is 2.26. The number of hydrogen-bond acceptors (Lipinski definition) is 3. The van der Waals surface area contributed by atoms with Gasteiger partial charge in [-0.25, -0.2) is 0 Å². The molecule has 4 heteroatoms. The first-order chi connectivity index (χ1) is 12.8. The molecule has 0 saturated carbocycles. The molecule has 3 rings (SSSR count). The van der Waals surface area contributed by atoms with Crippen molar-refractivity contribution in [1.82, 2.24) is 0 Å². The second-order valence-corrected chi connectivity index (χ2v) is 5.74. The van der Waals surface area contributed by atoms with Crippen LogP contribution >= 0.6 is 0 Å². The number of ether oxygens (including phenoxy) is 2. The van der Waals surface area contributed by atoms with Crippen molar-refractivity contribution in [2.24, 2.45) is 0 Å². The van der Waals surface area contributed by atoms with E-state index in [9.17, 15) is 4.79 Å². The van der Waals surface area contributed by atoms with Crippen molar-refractivity contribution in [2.75, 3.05) is 19.0 Å². The van der Waals surface area contributed by atoms with Gasteiger partial charge < -0.3 is 14.8 Å². The third-order valence-corrected chi connectivity index (χ3v) is 3.93. The molecule has 132 valence electrons. The lowest BCUT2D eigenvalue weighted by Gasteiger charge is -2.10. The zero-order valence-electron chi connectivity index (χ0n) is 14.6. The Labute approximate surface area is 153 Å². The van der Waals surface area contributed by atoms with E-state index in [-0.39, 0.29) is 18.9 Å². The van der Waals surface area contributed by atoms with Gasteiger partial charge in [0, 0.05) is 5.69 Å². The summed E-state index contributed by atoms with van der Waals surface area (Å²) in [5, 5.41) is 2.89. The molecule has 0 saturated heterocycles. The van der Waals surface area contributed by atoms with Crippen LogP contribution in [0.15, 0.2) is 78.9 Å². The first-order valence-corrected chi connectivity index (χ1v) is 8.47. The normalized spacial score (nSPS) is 10.2. The molecule has 0 aliphatic rings. The zero-order chi connectivity index (χ0) is 18.2. The highest BCUT2D eigenvalue weighted by atomic mass is 16.5. The minimum atomic E-state index is -0.0904. The summed E-state index contributed by atoms with van der Waals surface area (Å²) in [5.41, 5.74) is 3.03. The van der Waals surface area contributed by atoms with Crippen LogP contribution in [-0.2, 0) is 4.79 Å². The predicted octanol–water partition coefficient (Wildman–Crippen LogP) is 4.77. The molecule has 0 aliphatic carbocycles. The molecule has 0 spiro atoms. The van der Waals surface area contributed by atoms with Crippen LogP contribution < -0.4 is 14.8 Å². The summed E-state index contributed by atoms with van der Waals surface area (Å²) in [7, 11) is 1.59. The Kier molecular flexibility index (Phi) is 5.88. The van der Waals surface area contributed by atoms with Gasteiger partial charge in [0.15, 0.2) is 11.5 Å². The molecule has 0 atom stereocenters. The van der Waals surface area contributed by atoms with Gasteiger partial charge in [-0.15, -0.1) is 0 Å². The van der Waals surface area contributed by atoms with Crippen LogP contribution in [0.25, 0.3) is 11.1 Å². The topological polar surface area (TPSA) is 47.6 Å². The van der Waals surface area contributed by atoms with Crippen LogP contribution in [0.4, 0.5) is 5.69 Å². The molecule has 0 unspecified atom stereocenters. The molecule has 0 fully saturated rings. The van der Waals surface area contributed by atoms with Gasteiger partial charge in [0.05, 0.1) is 20.1 Å². The molecule has 26 heavy (non-hydrogen) atoms. The standard InChI is InChI=1S/C22H21NO3/c1-25-20-9-5-6-10-21(20)26-16-15-22(24)23-19-13-11-18(12-14-19)17-7-3-2-4-8-17/h2-14H,15-16H2,1H3,(H,23,24). The molecule has 0 aliphatic heterocycles. The molecule has 3 aromatic rings. The minimum Gasteiger partial charge on any atom is -0.493 e. The first-order valence-electron chi connectivity index (χ1n) is 8.47. The summed E-state index contributed by atoms with van der Waals surface area (Å²) in [6.07, 6.45) is 0.262. The molecule has 0 aromatic heterocycles. The van der Waals surface area contributed by atoms with Gasteiger partial charge in [0.25, 0.3) is 0 Å². The molecule has 1 amide bonds. The van der Waals surface area contributed by atoms with Gasteiger partial charge in [-0.2, -0.15) is 0 Å². The van der Waals surface area contributed by atoms with Crippen molar-refractivity contribution >= 4 is 11.6 Å². The molecular formula is C22H21NO3. The van der Waals surface area contributed by atoms with Gasteiger partial charge >= 0.3 is 0 Å². The second-order valence-electron chi connectivity index (χ2n) is 5.74. The third-order valence-electron chi connectivity index (χ3n) is 3.93. The molecular weight excluding hydrogens is 326 g/mol. The van der Waals surface area contributed by atoms with Gasteiger partial charge in [0.1, 0.15) is 0 Å². The zero-order valence-corrected chi connectivity index (χ0v) is 14.6. The monoisotopic (exact) mass is 347 g/mol. The van der Waals surface area contributed by atoms with Crippen LogP contribution in [0.1, 0.15) is 6.42 Å². The van der Waals surface area contributed by atoms with E-state index >= 15 is 0 Å². The maximum Gasteiger partial charge on any atom is 0.227 e. The Morgan fingerprint density at radius 2 is 1.42 bits per heavy atom. The fourth-order valence-corrected chi connectivity index (χ4v) is 2.59. The van der Waals surface area contributed by atoms with Crippen molar-refractivity contribution in [1.29, 1.82) is 0 Å². The van der Waals surface area contributed by atoms with E-state index in [0.29, 0.717) is 11.5 Å². The molecule has 0 radical (unpaired) electrons. The lowest BCUT2D eigenvalue weighted by Crippen LogP contribution is -2.15. The number of hydrogen-bond donors (Lipinski definition) is 1. The van der Waals surface area contributed by atoms with Crippen LogP contribution in [0.2, 0.25) is 0 Å². The summed E-state index contributed by atoms with van der Waals surface area (Å²) in [6, 6.07) is 25.3. The second kappa shape index (κ2) is 8.72. The van der Waals surface area contributed by atoms with Crippen LogP contribution in [-0.4, -0.2) is 19.6 Å². The lowest BCUT2D eigenvalue weighted by molar-refractivity contribution is -0.116. The predicted molar refractivity (Wildman–Crippen MR) is 104 cm³/mol. The summed E-state index contributed by atoms with van der Waals surface area (Å²) in [4.78, 5) is 12.1. The number of amides is 1. The number of carbonyl (C=O) groups is 1. The highest BCUT2D eigenvalue weighted by molar-refractivity contribution is 5.91. The maximum absolute atomic E-state index is 12.1. The molecule has 3 aromatic carbocycles. The van der Waals surface area contributed by atoms with Crippen molar-refractivity contribution in [3.63, 3.8) is 0 Å². The molecule has 0 heterocycles. The Morgan fingerprint density at radius 3 is 2.12 bits per heavy atom. The SMILES string of the molecule is COc1ccccc1OCCC(=O)Nc1ccc(-c2ccccc2)cc1. The van der Waals surface area contributed by atoms with Crippen molar-refractivity contribution in [2.45, 2.75) is 6.42 Å². The summed E-state index contributed by atoms with van der Waals surface area (Å²) < 4.78 is 10.8. The number of methoxy groups -OCH3 is 1. The van der Waals surface area contributed by atoms with E-state index in [1.54, 1.807) is 7.11 Å². The summed E-state index contributed by atoms with van der Waals surface area (Å²) in [6.45, 7) is 0.286. The van der Waals surface area contributed by atoms with Gasteiger partial charge in [-0.3, -0.25) is 4.79 Å². The van der Waals surface area contributed by atoms with Crippen molar-refractivity contribution in [3.8, 4) is 22.6 Å². The summed E-state index contributed by atoms with van der Waals surface area (Å²) in [5.74, 6) is 1.20. The van der Waals surface area contributed by atoms with E-state index in [1.165, 1.54) is 0 Å². The molecule has 1 N–H and O–H groups in total. The Balaban J connectivity index is 1.50. The van der Waals surface area contributed by atoms with Crippen LogP contribution in [0.5, 0.6) is 11.5 Å². The quantitative estimate of drug-likeness (QED) is 0.670. The highest BCUT2D eigenvalue weighted by Gasteiger charge is 2.06. The smallest absolute Gasteiger partial charge is 0.227 e. The Morgan fingerprint density at radius 1 is 0.808 bits per heavy atom. The summed E-state index contributed by atoms with van der Waals surface area (Å²) >= 11 is 0. The van der Waals surface area contributed by atoms with Gasteiger partial charge in [-0.05, 0) is 35.4 Å². The molecule has 0 bridgehead atoms. The molecule has 4 nitrogen and oxygen atoms in total. The van der Waals surface area contributed by atoms with Gasteiger partial charge in [-0.1, -0.05) is 54.6 Å². The number of para-hydroxylation sites is 2. The van der Waals surface area contributed by atoms with Gasteiger partial charge in [0.2, 0.25) is 5.91 Å². The van der Waals surface area contributed by atoms with Crippen molar-refractivity contribution < 1.29 is 14.3 Å². The number of anilines is 1. The fourth-order valence-electron chi connectivity index (χ4n) is 2.59. The first kappa shape index (κ1) is 17.5. The lowest BCUT2D eigenvalue weighted by atomic mass is 10.1. The maximum atomic E-state index is 12.1. The van der Waals surface area contributed by atoms with E-state index in [0.717, 1.165) is 16.8 Å². The number of rotatable bonds is 7. The van der Waals surface area contributed by atoms with E-state index in [4.69, 9.17) is 9.47 Å². The number of carbonyl (C=O) groups excluding carboxylic acids is 1. The number of nitrogens with one attached hydrogen (secondary N) is 1. The Hall–Kier alpha value is -3.27. The Bertz CT molecular complexity index is 845. The average Bonchev–Trinajstić information content (AvgIpc) is 2.69. The third kappa shape index (κ3) is 4.63. The van der Waals surface area contributed by atoms with E-state index < -0.39 is 0 Å². The van der Waals surface area contributed by atoms with Crippen LogP contribution in [0, 0.1) is 0 Å². The largest absolute Gasteiger partial charge is 0.493 e. The van der Waals surface area contributed by atoms with Crippen molar-refractivity contribution in [3.05, 3.63) is 78.9 Å². The fraction of sp³-hybridized carbons (Fsp3) is 0.136. The van der Waals surface area contributed by atoms with E-state index in [2.05, 4.69) is 17.4 Å². The van der Waals surface area contributed by atoms with E-state index in [1.807, 2.05) is 66.7 Å². The minimum absolute atomic E-state index is 0.0904. The van der Waals surface area contributed by atoms with Crippen LogP contribution in [0.3, 0.4) is 0 Å². The number of benzene rings is 3.